The van der Waals surface area contributed by atoms with Gasteiger partial charge in [0, 0.05) is 11.8 Å². The Hall–Kier alpha value is -3.09. The zero-order chi connectivity index (χ0) is 16.9. The van der Waals surface area contributed by atoms with Gasteiger partial charge >= 0.3 is 11.9 Å². The van der Waals surface area contributed by atoms with E-state index in [2.05, 4.69) is 9.72 Å². The molecule has 2 aromatic rings. The molecule has 0 unspecified atom stereocenters. The van der Waals surface area contributed by atoms with Crippen LogP contribution >= 0.6 is 0 Å². The molecule has 124 valence electrons. The van der Waals surface area contributed by atoms with Gasteiger partial charge < -0.3 is 18.9 Å². The molecular weight excluding hydrogens is 314 g/mol. The van der Waals surface area contributed by atoms with E-state index in [0.717, 1.165) is 0 Å². The summed E-state index contributed by atoms with van der Waals surface area (Å²) in [7, 11) is 1.28. The SMILES string of the molecule is COC(=O)CCOC(=O)c1cccnc1-c1ccc2c(c1)OCO2. The third kappa shape index (κ3) is 3.29. The second-order valence-electron chi connectivity index (χ2n) is 4.93. The van der Waals surface area contributed by atoms with Gasteiger partial charge in [0.1, 0.15) is 6.61 Å². The van der Waals surface area contributed by atoms with Gasteiger partial charge in [-0.2, -0.15) is 0 Å². The van der Waals surface area contributed by atoms with E-state index in [0.29, 0.717) is 28.3 Å². The summed E-state index contributed by atoms with van der Waals surface area (Å²) in [6.45, 7) is 0.115. The van der Waals surface area contributed by atoms with E-state index in [1.54, 1.807) is 36.5 Å². The van der Waals surface area contributed by atoms with Crippen LogP contribution in [0.4, 0.5) is 0 Å². The molecule has 7 heteroatoms. The Morgan fingerprint density at radius 2 is 2.04 bits per heavy atom. The molecule has 0 aliphatic carbocycles. The zero-order valence-corrected chi connectivity index (χ0v) is 13.0. The van der Waals surface area contributed by atoms with Crippen molar-refractivity contribution in [3.05, 3.63) is 42.1 Å². The van der Waals surface area contributed by atoms with Crippen LogP contribution in [0.25, 0.3) is 11.3 Å². The smallest absolute Gasteiger partial charge is 0.340 e. The molecule has 0 saturated heterocycles. The molecule has 1 aromatic heterocycles. The predicted molar refractivity (Wildman–Crippen MR) is 82.7 cm³/mol. The summed E-state index contributed by atoms with van der Waals surface area (Å²) >= 11 is 0. The highest BCUT2D eigenvalue weighted by molar-refractivity contribution is 5.96. The van der Waals surface area contributed by atoms with Crippen LogP contribution in [0, 0.1) is 0 Å². The first kappa shape index (κ1) is 15.8. The first-order chi connectivity index (χ1) is 11.7. The number of rotatable bonds is 5. The van der Waals surface area contributed by atoms with Gasteiger partial charge in [-0.05, 0) is 30.3 Å². The molecule has 7 nitrogen and oxygen atoms in total. The lowest BCUT2D eigenvalue weighted by Crippen LogP contribution is -2.12. The quantitative estimate of drug-likeness (QED) is 0.777. The van der Waals surface area contributed by atoms with E-state index in [1.165, 1.54) is 7.11 Å². The van der Waals surface area contributed by atoms with Crippen LogP contribution in [0.15, 0.2) is 36.5 Å². The van der Waals surface area contributed by atoms with Crippen molar-refractivity contribution in [1.82, 2.24) is 4.98 Å². The molecule has 3 rings (SSSR count). The molecule has 24 heavy (non-hydrogen) atoms. The normalized spacial score (nSPS) is 11.9. The Balaban J connectivity index is 1.80. The number of benzene rings is 1. The summed E-state index contributed by atoms with van der Waals surface area (Å²) in [5.41, 5.74) is 1.49. The molecule has 1 aliphatic rings. The number of methoxy groups -OCH3 is 1. The molecule has 0 saturated carbocycles. The average molecular weight is 329 g/mol. The van der Waals surface area contributed by atoms with Gasteiger partial charge in [-0.1, -0.05) is 0 Å². The highest BCUT2D eigenvalue weighted by atomic mass is 16.7. The standard InChI is InChI=1S/C17H15NO6/c1-21-15(19)6-8-22-17(20)12-3-2-7-18-16(12)11-4-5-13-14(9-11)24-10-23-13/h2-5,7,9H,6,8,10H2,1H3. The Labute approximate surface area is 138 Å². The number of aromatic nitrogens is 1. The van der Waals surface area contributed by atoms with Crippen molar-refractivity contribution >= 4 is 11.9 Å². The zero-order valence-electron chi connectivity index (χ0n) is 13.0. The van der Waals surface area contributed by atoms with Crippen molar-refractivity contribution in [2.24, 2.45) is 0 Å². The number of esters is 2. The minimum atomic E-state index is -0.556. The van der Waals surface area contributed by atoms with Crippen LogP contribution in [0.5, 0.6) is 11.5 Å². The summed E-state index contributed by atoms with van der Waals surface area (Å²) in [5, 5.41) is 0. The number of hydrogen-bond donors (Lipinski definition) is 0. The fraction of sp³-hybridized carbons (Fsp3) is 0.235. The van der Waals surface area contributed by atoms with Crippen molar-refractivity contribution in [3.8, 4) is 22.8 Å². The maximum Gasteiger partial charge on any atom is 0.340 e. The average Bonchev–Trinajstić information content (AvgIpc) is 3.09. The molecule has 0 fully saturated rings. The van der Waals surface area contributed by atoms with Crippen LogP contribution in [-0.2, 0) is 14.3 Å². The summed E-state index contributed by atoms with van der Waals surface area (Å²) < 4.78 is 20.2. The molecule has 0 amide bonds. The van der Waals surface area contributed by atoms with E-state index in [1.807, 2.05) is 0 Å². The summed E-state index contributed by atoms with van der Waals surface area (Å²) in [6, 6.07) is 8.58. The Bertz CT molecular complexity index is 773. The fourth-order valence-electron chi connectivity index (χ4n) is 2.25. The monoisotopic (exact) mass is 329 g/mol. The third-order valence-electron chi connectivity index (χ3n) is 3.44. The molecular formula is C17H15NO6. The lowest BCUT2D eigenvalue weighted by molar-refractivity contribution is -0.141. The highest BCUT2D eigenvalue weighted by Crippen LogP contribution is 2.36. The highest BCUT2D eigenvalue weighted by Gasteiger charge is 2.19. The van der Waals surface area contributed by atoms with Crippen molar-refractivity contribution in [1.29, 1.82) is 0 Å². The van der Waals surface area contributed by atoms with Gasteiger partial charge in [-0.25, -0.2) is 4.79 Å². The van der Waals surface area contributed by atoms with Gasteiger partial charge in [0.05, 0.1) is 24.8 Å². The van der Waals surface area contributed by atoms with Crippen LogP contribution in [0.3, 0.4) is 0 Å². The van der Waals surface area contributed by atoms with E-state index in [9.17, 15) is 9.59 Å². The van der Waals surface area contributed by atoms with E-state index < -0.39 is 11.9 Å². The fourth-order valence-corrected chi connectivity index (χ4v) is 2.25. The van der Waals surface area contributed by atoms with Crippen LogP contribution < -0.4 is 9.47 Å². The van der Waals surface area contributed by atoms with Crippen LogP contribution in [0.1, 0.15) is 16.8 Å². The maximum atomic E-state index is 12.3. The van der Waals surface area contributed by atoms with Gasteiger partial charge in [0.15, 0.2) is 11.5 Å². The van der Waals surface area contributed by atoms with Gasteiger partial charge in [-0.15, -0.1) is 0 Å². The van der Waals surface area contributed by atoms with Crippen molar-refractivity contribution in [2.45, 2.75) is 6.42 Å². The minimum Gasteiger partial charge on any atom is -0.469 e. The Morgan fingerprint density at radius 1 is 1.21 bits per heavy atom. The van der Waals surface area contributed by atoms with E-state index in [-0.39, 0.29) is 19.8 Å². The topological polar surface area (TPSA) is 84.0 Å². The van der Waals surface area contributed by atoms with Crippen molar-refractivity contribution < 1.29 is 28.5 Å². The molecule has 1 aliphatic heterocycles. The first-order valence-electron chi connectivity index (χ1n) is 7.28. The minimum absolute atomic E-state index is 0.00184. The number of hydrogen-bond acceptors (Lipinski definition) is 7. The molecule has 2 heterocycles. The predicted octanol–water partition coefficient (Wildman–Crippen LogP) is 2.20. The van der Waals surface area contributed by atoms with Crippen LogP contribution in [0.2, 0.25) is 0 Å². The van der Waals surface area contributed by atoms with Gasteiger partial charge in [0.25, 0.3) is 0 Å². The number of ether oxygens (including phenoxy) is 4. The Morgan fingerprint density at radius 3 is 2.88 bits per heavy atom. The maximum absolute atomic E-state index is 12.3. The van der Waals surface area contributed by atoms with Crippen molar-refractivity contribution in [2.75, 3.05) is 20.5 Å². The molecule has 0 atom stereocenters. The van der Waals surface area contributed by atoms with Gasteiger partial charge in [-0.3, -0.25) is 9.78 Å². The second-order valence-corrected chi connectivity index (χ2v) is 4.93. The first-order valence-corrected chi connectivity index (χ1v) is 7.28. The Kier molecular flexibility index (Phi) is 4.60. The second kappa shape index (κ2) is 6.99. The number of pyridine rings is 1. The van der Waals surface area contributed by atoms with E-state index >= 15 is 0 Å². The molecule has 0 spiro atoms. The number of fused-ring (bicyclic) bond motifs is 1. The summed E-state index contributed by atoms with van der Waals surface area (Å²) in [6.07, 6.45) is 1.59. The van der Waals surface area contributed by atoms with Crippen LogP contribution in [-0.4, -0.2) is 37.4 Å². The van der Waals surface area contributed by atoms with Gasteiger partial charge in [0.2, 0.25) is 6.79 Å². The molecule has 0 radical (unpaired) electrons. The lowest BCUT2D eigenvalue weighted by atomic mass is 10.1. The lowest BCUT2D eigenvalue weighted by Gasteiger charge is -2.09. The van der Waals surface area contributed by atoms with E-state index in [4.69, 9.17) is 14.2 Å². The molecule has 0 N–H and O–H groups in total. The molecule has 1 aromatic carbocycles. The largest absolute Gasteiger partial charge is 0.469 e. The number of carbonyl (C=O) groups excluding carboxylic acids is 2. The summed E-state index contributed by atoms with van der Waals surface area (Å²) in [4.78, 5) is 27.6. The number of carbonyl (C=O) groups is 2. The summed E-state index contributed by atoms with van der Waals surface area (Å²) in [5.74, 6) is 0.254. The number of nitrogens with zero attached hydrogens (tertiary/aromatic N) is 1. The van der Waals surface area contributed by atoms with Crippen molar-refractivity contribution in [3.63, 3.8) is 0 Å². The third-order valence-corrected chi connectivity index (χ3v) is 3.44. The molecule has 0 bridgehead atoms.